The molecule has 0 unspecified atom stereocenters. The van der Waals surface area contributed by atoms with Gasteiger partial charge in [0.1, 0.15) is 6.54 Å². The van der Waals surface area contributed by atoms with E-state index in [2.05, 4.69) is 10.3 Å². The second-order valence-electron chi connectivity index (χ2n) is 4.60. The molecule has 0 aromatic heterocycles. The molecule has 3 rings (SSSR count). The van der Waals surface area contributed by atoms with E-state index in [0.717, 1.165) is 27.4 Å². The summed E-state index contributed by atoms with van der Waals surface area (Å²) in [5.74, 6) is -0.116. The number of carbonyl (C=O) groups is 1. The summed E-state index contributed by atoms with van der Waals surface area (Å²) in [4.78, 5) is 17.4. The minimum Gasteiger partial charge on any atom is -0.324 e. The number of benzene rings is 2. The molecule has 0 saturated heterocycles. The maximum atomic E-state index is 11.8. The first kappa shape index (κ1) is 14.2. The summed E-state index contributed by atoms with van der Waals surface area (Å²) in [6.45, 7) is 0.115. The van der Waals surface area contributed by atoms with Crippen LogP contribution in [0.3, 0.4) is 0 Å². The molecular formula is C16H13ClN2OS. The van der Waals surface area contributed by atoms with Crippen LogP contribution in [0.15, 0.2) is 52.4 Å². The molecule has 1 N–H and O–H groups in total. The third-order valence-electron chi connectivity index (χ3n) is 3.25. The first-order chi connectivity index (χ1) is 10.2. The molecular weight excluding hydrogens is 304 g/mol. The monoisotopic (exact) mass is 316 g/mol. The maximum Gasteiger partial charge on any atom is 0.246 e. The molecule has 5 heteroatoms. The van der Waals surface area contributed by atoms with Gasteiger partial charge < -0.3 is 5.32 Å². The Morgan fingerprint density at radius 3 is 2.81 bits per heavy atom. The van der Waals surface area contributed by atoms with Crippen molar-refractivity contribution in [3.05, 3.63) is 58.6 Å². The molecule has 0 bridgehead atoms. The van der Waals surface area contributed by atoms with E-state index in [1.807, 2.05) is 42.7 Å². The number of benzodiazepines with no additional fused rings is 1. The number of rotatable bonds is 2. The number of anilines is 1. The Bertz CT molecular complexity index is 743. The van der Waals surface area contributed by atoms with E-state index in [-0.39, 0.29) is 12.5 Å². The number of aliphatic imine (C=N–C) groups is 1. The quantitative estimate of drug-likeness (QED) is 0.855. The second kappa shape index (κ2) is 5.92. The summed E-state index contributed by atoms with van der Waals surface area (Å²) >= 11 is 7.78. The summed E-state index contributed by atoms with van der Waals surface area (Å²) < 4.78 is 0. The van der Waals surface area contributed by atoms with Gasteiger partial charge in [-0.25, -0.2) is 0 Å². The van der Waals surface area contributed by atoms with Crippen molar-refractivity contribution in [1.82, 2.24) is 0 Å². The first-order valence-electron chi connectivity index (χ1n) is 6.46. The van der Waals surface area contributed by atoms with Crippen LogP contribution in [-0.4, -0.2) is 24.4 Å². The molecule has 0 saturated carbocycles. The SMILES string of the molecule is CSc1ccccc1C1=NCC(=O)Nc2ccc(Cl)cc21. The fourth-order valence-electron chi connectivity index (χ4n) is 2.32. The number of hydrogen-bond donors (Lipinski definition) is 1. The normalized spacial score (nSPS) is 14.0. The zero-order valence-electron chi connectivity index (χ0n) is 11.4. The van der Waals surface area contributed by atoms with E-state index in [4.69, 9.17) is 11.6 Å². The van der Waals surface area contributed by atoms with Gasteiger partial charge in [-0.1, -0.05) is 29.8 Å². The Hall–Kier alpha value is -1.78. The predicted octanol–water partition coefficient (Wildman–Crippen LogP) is 3.85. The molecule has 2 aromatic carbocycles. The summed E-state index contributed by atoms with van der Waals surface area (Å²) in [6, 6.07) is 13.5. The smallest absolute Gasteiger partial charge is 0.246 e. The minimum atomic E-state index is -0.116. The third-order valence-corrected chi connectivity index (χ3v) is 4.28. The van der Waals surface area contributed by atoms with Crippen LogP contribution in [0.4, 0.5) is 5.69 Å². The lowest BCUT2D eigenvalue weighted by Crippen LogP contribution is -2.13. The fraction of sp³-hybridized carbons (Fsp3) is 0.125. The van der Waals surface area contributed by atoms with Crippen molar-refractivity contribution in [2.45, 2.75) is 4.90 Å². The molecule has 21 heavy (non-hydrogen) atoms. The lowest BCUT2D eigenvalue weighted by atomic mass is 10.0. The number of nitrogens with one attached hydrogen (secondary N) is 1. The fourth-order valence-corrected chi connectivity index (χ4v) is 3.09. The second-order valence-corrected chi connectivity index (χ2v) is 5.89. The van der Waals surface area contributed by atoms with Gasteiger partial charge in [0.25, 0.3) is 0 Å². The third kappa shape index (κ3) is 2.82. The van der Waals surface area contributed by atoms with Crippen LogP contribution in [-0.2, 0) is 4.79 Å². The van der Waals surface area contributed by atoms with Crippen molar-refractivity contribution in [3.63, 3.8) is 0 Å². The molecule has 2 aromatic rings. The zero-order valence-corrected chi connectivity index (χ0v) is 13.0. The number of fused-ring (bicyclic) bond motifs is 1. The van der Waals surface area contributed by atoms with Crippen LogP contribution in [0.5, 0.6) is 0 Å². The molecule has 0 aliphatic carbocycles. The van der Waals surface area contributed by atoms with Crippen molar-refractivity contribution in [3.8, 4) is 0 Å². The van der Waals surface area contributed by atoms with Crippen molar-refractivity contribution < 1.29 is 4.79 Å². The number of thioether (sulfide) groups is 1. The highest BCUT2D eigenvalue weighted by Gasteiger charge is 2.19. The highest BCUT2D eigenvalue weighted by Crippen LogP contribution is 2.29. The van der Waals surface area contributed by atoms with E-state index in [0.29, 0.717) is 5.02 Å². The standard InChI is InChI=1S/C16H13ClN2OS/c1-21-14-5-3-2-4-11(14)16-12-8-10(17)6-7-13(12)19-15(20)9-18-16/h2-8H,9H2,1H3,(H,19,20). The van der Waals surface area contributed by atoms with Gasteiger partial charge in [0.2, 0.25) is 5.91 Å². The van der Waals surface area contributed by atoms with Crippen molar-refractivity contribution in [2.24, 2.45) is 4.99 Å². The summed E-state index contributed by atoms with van der Waals surface area (Å²) in [7, 11) is 0. The molecule has 1 heterocycles. The van der Waals surface area contributed by atoms with Crippen molar-refractivity contribution in [1.29, 1.82) is 0 Å². The predicted molar refractivity (Wildman–Crippen MR) is 88.8 cm³/mol. The van der Waals surface area contributed by atoms with Crippen LogP contribution in [0.2, 0.25) is 5.02 Å². The molecule has 1 aliphatic rings. The molecule has 1 amide bonds. The van der Waals surface area contributed by atoms with Crippen LogP contribution < -0.4 is 5.32 Å². The van der Waals surface area contributed by atoms with Gasteiger partial charge in [0.15, 0.2) is 0 Å². The summed E-state index contributed by atoms with van der Waals surface area (Å²) in [5, 5.41) is 3.49. The first-order valence-corrected chi connectivity index (χ1v) is 8.07. The molecule has 0 fully saturated rings. The summed E-state index contributed by atoms with van der Waals surface area (Å²) in [6.07, 6.45) is 2.03. The molecule has 0 radical (unpaired) electrons. The maximum absolute atomic E-state index is 11.8. The van der Waals surface area contributed by atoms with Gasteiger partial charge in [-0.15, -0.1) is 11.8 Å². The van der Waals surface area contributed by atoms with E-state index in [1.54, 1.807) is 17.8 Å². The van der Waals surface area contributed by atoms with Crippen LogP contribution in [0.25, 0.3) is 0 Å². The van der Waals surface area contributed by atoms with Crippen LogP contribution >= 0.6 is 23.4 Å². The number of amides is 1. The van der Waals surface area contributed by atoms with Gasteiger partial charge in [-0.05, 0) is 30.5 Å². The van der Waals surface area contributed by atoms with Gasteiger partial charge in [-0.3, -0.25) is 9.79 Å². The highest BCUT2D eigenvalue weighted by atomic mass is 35.5. The van der Waals surface area contributed by atoms with Gasteiger partial charge >= 0.3 is 0 Å². The molecule has 1 aliphatic heterocycles. The average Bonchev–Trinajstić information content (AvgIpc) is 2.65. The Labute approximate surface area is 132 Å². The lowest BCUT2D eigenvalue weighted by molar-refractivity contribution is -0.114. The Morgan fingerprint density at radius 2 is 2.00 bits per heavy atom. The Morgan fingerprint density at radius 1 is 1.19 bits per heavy atom. The number of halogens is 1. The number of carbonyl (C=O) groups excluding carboxylic acids is 1. The molecule has 0 atom stereocenters. The van der Waals surface area contributed by atoms with Gasteiger partial charge in [0, 0.05) is 21.0 Å². The molecule has 106 valence electrons. The lowest BCUT2D eigenvalue weighted by Gasteiger charge is -2.13. The highest BCUT2D eigenvalue weighted by molar-refractivity contribution is 7.98. The van der Waals surface area contributed by atoms with Crippen LogP contribution in [0, 0.1) is 0 Å². The van der Waals surface area contributed by atoms with E-state index < -0.39 is 0 Å². The van der Waals surface area contributed by atoms with Crippen molar-refractivity contribution >= 4 is 40.7 Å². The van der Waals surface area contributed by atoms with E-state index in [9.17, 15) is 4.79 Å². The molecule has 0 spiro atoms. The number of hydrogen-bond acceptors (Lipinski definition) is 3. The minimum absolute atomic E-state index is 0.115. The van der Waals surface area contributed by atoms with E-state index in [1.165, 1.54) is 0 Å². The largest absolute Gasteiger partial charge is 0.324 e. The topological polar surface area (TPSA) is 41.5 Å². The van der Waals surface area contributed by atoms with Gasteiger partial charge in [-0.2, -0.15) is 0 Å². The van der Waals surface area contributed by atoms with Crippen LogP contribution in [0.1, 0.15) is 11.1 Å². The zero-order chi connectivity index (χ0) is 14.8. The Kier molecular flexibility index (Phi) is 3.99. The van der Waals surface area contributed by atoms with Crippen molar-refractivity contribution in [2.75, 3.05) is 18.1 Å². The van der Waals surface area contributed by atoms with Gasteiger partial charge in [0.05, 0.1) is 11.4 Å². The number of nitrogens with zero attached hydrogens (tertiary/aromatic N) is 1. The summed E-state index contributed by atoms with van der Waals surface area (Å²) in [5.41, 5.74) is 3.42. The Balaban J connectivity index is 2.22. The average molecular weight is 317 g/mol. The molecule has 3 nitrogen and oxygen atoms in total. The van der Waals surface area contributed by atoms with E-state index >= 15 is 0 Å².